The van der Waals surface area contributed by atoms with E-state index in [1.165, 1.54) is 18.5 Å². The highest BCUT2D eigenvalue weighted by Crippen LogP contribution is 2.33. The van der Waals surface area contributed by atoms with Gasteiger partial charge in [-0.25, -0.2) is 8.42 Å². The lowest BCUT2D eigenvalue weighted by Gasteiger charge is -2.24. The van der Waals surface area contributed by atoms with E-state index >= 15 is 0 Å². The fraction of sp³-hybridized carbons (Fsp3) is 0.409. The molecule has 2 aromatic carbocycles. The molecule has 0 spiro atoms. The van der Waals surface area contributed by atoms with Gasteiger partial charge >= 0.3 is 0 Å². The van der Waals surface area contributed by atoms with Gasteiger partial charge in [-0.2, -0.15) is 0 Å². The first-order valence-corrected chi connectivity index (χ1v) is 11.9. The van der Waals surface area contributed by atoms with Crippen molar-refractivity contribution in [2.45, 2.75) is 12.8 Å². The van der Waals surface area contributed by atoms with E-state index in [-0.39, 0.29) is 18.9 Å². The molecular formula is C22H30N2O7S. The Morgan fingerprint density at radius 1 is 0.969 bits per heavy atom. The predicted octanol–water partition coefficient (Wildman–Crippen LogP) is 2.45. The summed E-state index contributed by atoms with van der Waals surface area (Å²) in [4.78, 5) is 12.1. The molecule has 0 aliphatic rings. The highest BCUT2D eigenvalue weighted by Gasteiger charge is 2.22. The average molecular weight is 467 g/mol. The van der Waals surface area contributed by atoms with Crippen molar-refractivity contribution in [3.8, 4) is 23.0 Å². The fourth-order valence-corrected chi connectivity index (χ4v) is 3.94. The van der Waals surface area contributed by atoms with E-state index < -0.39 is 10.0 Å². The van der Waals surface area contributed by atoms with Crippen molar-refractivity contribution < 1.29 is 32.2 Å². The molecule has 9 nitrogen and oxygen atoms in total. The number of sulfonamides is 1. The standard InChI is InChI=1S/C22H30N2O7S/c1-28-17-7-5-8-19(15-17)31-14-12-23-22(25)9-6-13-24(32(4,26)27)20-16-18(29-2)10-11-21(20)30-3/h5,7-8,10-11,15-16H,6,9,12-14H2,1-4H3,(H,23,25). The highest BCUT2D eigenvalue weighted by atomic mass is 32.2. The summed E-state index contributed by atoms with van der Waals surface area (Å²) < 4.78 is 47.2. The van der Waals surface area contributed by atoms with Gasteiger partial charge in [0.25, 0.3) is 0 Å². The Kier molecular flexibility index (Phi) is 9.45. The van der Waals surface area contributed by atoms with Crippen LogP contribution < -0.4 is 28.6 Å². The Hall–Kier alpha value is -3.14. The van der Waals surface area contributed by atoms with E-state index in [9.17, 15) is 13.2 Å². The van der Waals surface area contributed by atoms with E-state index in [1.807, 2.05) is 12.1 Å². The number of nitrogens with zero attached hydrogens (tertiary/aromatic N) is 1. The lowest BCUT2D eigenvalue weighted by Crippen LogP contribution is -2.33. The summed E-state index contributed by atoms with van der Waals surface area (Å²) in [6, 6.07) is 12.1. The summed E-state index contributed by atoms with van der Waals surface area (Å²) in [5.41, 5.74) is 0.362. The summed E-state index contributed by atoms with van der Waals surface area (Å²) in [5.74, 6) is 2.05. The molecule has 0 bridgehead atoms. The number of hydrogen-bond donors (Lipinski definition) is 1. The molecule has 176 valence electrons. The number of ether oxygens (including phenoxy) is 4. The van der Waals surface area contributed by atoms with Crippen molar-refractivity contribution in [3.63, 3.8) is 0 Å². The zero-order chi connectivity index (χ0) is 23.6. The maximum absolute atomic E-state index is 12.4. The molecular weight excluding hydrogens is 436 g/mol. The van der Waals surface area contributed by atoms with Gasteiger partial charge in [-0.05, 0) is 30.7 Å². The van der Waals surface area contributed by atoms with Gasteiger partial charge in [-0.15, -0.1) is 0 Å². The van der Waals surface area contributed by atoms with Crippen LogP contribution in [0.3, 0.4) is 0 Å². The molecule has 0 aliphatic carbocycles. The van der Waals surface area contributed by atoms with Crippen LogP contribution in [0.1, 0.15) is 12.8 Å². The van der Waals surface area contributed by atoms with Crippen LogP contribution in [0.15, 0.2) is 42.5 Å². The van der Waals surface area contributed by atoms with Crippen LogP contribution in [0.25, 0.3) is 0 Å². The van der Waals surface area contributed by atoms with Crippen molar-refractivity contribution in [2.24, 2.45) is 0 Å². The molecule has 0 radical (unpaired) electrons. The van der Waals surface area contributed by atoms with Crippen molar-refractivity contribution in [1.29, 1.82) is 0 Å². The summed E-state index contributed by atoms with van der Waals surface area (Å²) >= 11 is 0. The number of carbonyl (C=O) groups excluding carboxylic acids is 1. The first-order valence-electron chi connectivity index (χ1n) is 10.0. The third-order valence-corrected chi connectivity index (χ3v) is 5.73. The summed E-state index contributed by atoms with van der Waals surface area (Å²) in [6.45, 7) is 0.751. The van der Waals surface area contributed by atoms with Gasteiger partial charge in [0.15, 0.2) is 0 Å². The monoisotopic (exact) mass is 466 g/mol. The molecule has 0 saturated carbocycles. The fourth-order valence-electron chi connectivity index (χ4n) is 2.98. The maximum Gasteiger partial charge on any atom is 0.232 e. The summed E-state index contributed by atoms with van der Waals surface area (Å²) in [7, 11) is 0.947. The number of benzene rings is 2. The molecule has 1 N–H and O–H groups in total. The molecule has 0 unspecified atom stereocenters. The number of amides is 1. The number of methoxy groups -OCH3 is 3. The molecule has 0 heterocycles. The summed E-state index contributed by atoms with van der Waals surface area (Å²) in [6.07, 6.45) is 1.61. The molecule has 0 saturated heterocycles. The van der Waals surface area contributed by atoms with E-state index in [2.05, 4.69) is 5.32 Å². The molecule has 2 aromatic rings. The van der Waals surface area contributed by atoms with Crippen LogP contribution >= 0.6 is 0 Å². The number of carbonyl (C=O) groups is 1. The van der Waals surface area contributed by atoms with E-state index in [0.717, 1.165) is 6.26 Å². The molecule has 0 aromatic heterocycles. The third-order valence-electron chi connectivity index (χ3n) is 4.55. The maximum atomic E-state index is 12.4. The van der Waals surface area contributed by atoms with Gasteiger partial charge in [0.05, 0.1) is 39.8 Å². The lowest BCUT2D eigenvalue weighted by atomic mass is 10.2. The molecule has 0 aliphatic heterocycles. The number of anilines is 1. The smallest absolute Gasteiger partial charge is 0.232 e. The normalized spacial score (nSPS) is 10.9. The molecule has 2 rings (SSSR count). The van der Waals surface area contributed by atoms with Crippen LogP contribution in [0.2, 0.25) is 0 Å². The van der Waals surface area contributed by atoms with Gasteiger partial charge in [-0.1, -0.05) is 6.07 Å². The SMILES string of the molecule is COc1cccc(OCCNC(=O)CCCN(c2cc(OC)ccc2OC)S(C)(=O)=O)c1. The molecule has 32 heavy (non-hydrogen) atoms. The number of hydrogen-bond acceptors (Lipinski definition) is 7. The Morgan fingerprint density at radius 2 is 1.66 bits per heavy atom. The summed E-state index contributed by atoms with van der Waals surface area (Å²) in [5, 5.41) is 2.77. The van der Waals surface area contributed by atoms with Crippen LogP contribution in [0, 0.1) is 0 Å². The Balaban J connectivity index is 1.86. The minimum atomic E-state index is -3.59. The topological polar surface area (TPSA) is 103 Å². The van der Waals surface area contributed by atoms with Crippen LogP contribution in [-0.2, 0) is 14.8 Å². The first-order chi connectivity index (χ1) is 15.3. The zero-order valence-corrected chi connectivity index (χ0v) is 19.6. The molecule has 1 amide bonds. The van der Waals surface area contributed by atoms with Gasteiger partial charge in [0.2, 0.25) is 15.9 Å². The minimum absolute atomic E-state index is 0.121. The van der Waals surface area contributed by atoms with Crippen LogP contribution in [0.5, 0.6) is 23.0 Å². The number of rotatable bonds is 13. The van der Waals surface area contributed by atoms with Gasteiger partial charge in [0, 0.05) is 25.1 Å². The van der Waals surface area contributed by atoms with Crippen LogP contribution in [0.4, 0.5) is 5.69 Å². The highest BCUT2D eigenvalue weighted by molar-refractivity contribution is 7.92. The van der Waals surface area contributed by atoms with Crippen molar-refractivity contribution in [1.82, 2.24) is 5.32 Å². The minimum Gasteiger partial charge on any atom is -0.497 e. The largest absolute Gasteiger partial charge is 0.497 e. The molecule has 0 fully saturated rings. The number of nitrogens with one attached hydrogen (secondary N) is 1. The average Bonchev–Trinajstić information content (AvgIpc) is 2.78. The predicted molar refractivity (Wildman–Crippen MR) is 122 cm³/mol. The first kappa shape index (κ1) is 25.1. The van der Waals surface area contributed by atoms with Gasteiger partial charge in [-0.3, -0.25) is 9.10 Å². The second-order valence-corrected chi connectivity index (χ2v) is 8.76. The Labute approximate surface area is 189 Å². The second kappa shape index (κ2) is 12.0. The Bertz CT molecular complexity index is 996. The quantitative estimate of drug-likeness (QED) is 0.452. The van der Waals surface area contributed by atoms with Gasteiger partial charge < -0.3 is 24.3 Å². The van der Waals surface area contributed by atoms with E-state index in [0.29, 0.717) is 48.3 Å². The van der Waals surface area contributed by atoms with E-state index in [1.54, 1.807) is 37.4 Å². The van der Waals surface area contributed by atoms with Crippen LogP contribution in [-0.4, -0.2) is 61.6 Å². The van der Waals surface area contributed by atoms with Crippen molar-refractivity contribution in [3.05, 3.63) is 42.5 Å². The van der Waals surface area contributed by atoms with E-state index in [4.69, 9.17) is 18.9 Å². The van der Waals surface area contributed by atoms with Crippen molar-refractivity contribution >= 4 is 21.6 Å². The van der Waals surface area contributed by atoms with Gasteiger partial charge in [0.1, 0.15) is 29.6 Å². The second-order valence-electron chi connectivity index (χ2n) is 6.85. The Morgan fingerprint density at radius 3 is 2.31 bits per heavy atom. The third kappa shape index (κ3) is 7.52. The lowest BCUT2D eigenvalue weighted by molar-refractivity contribution is -0.121. The molecule has 10 heteroatoms. The molecule has 0 atom stereocenters. The zero-order valence-electron chi connectivity index (χ0n) is 18.8. The van der Waals surface area contributed by atoms with Crippen molar-refractivity contribution in [2.75, 3.05) is 51.6 Å².